The van der Waals surface area contributed by atoms with Crippen molar-refractivity contribution in [1.82, 2.24) is 4.90 Å². The van der Waals surface area contributed by atoms with Crippen LogP contribution in [0.25, 0.3) is 11.1 Å². The second-order valence-electron chi connectivity index (χ2n) is 7.96. The number of para-hydroxylation sites is 1. The highest BCUT2D eigenvalue weighted by atomic mass is 16.4. The number of carbonyl (C=O) groups is 2. The van der Waals surface area contributed by atoms with Gasteiger partial charge in [0.25, 0.3) is 0 Å². The molecule has 0 radical (unpaired) electrons. The summed E-state index contributed by atoms with van der Waals surface area (Å²) < 4.78 is 0. The number of nitrogens with zero attached hydrogens (tertiary/aromatic N) is 1. The van der Waals surface area contributed by atoms with Crippen molar-refractivity contribution in [2.75, 3.05) is 12.4 Å². The van der Waals surface area contributed by atoms with Crippen molar-refractivity contribution in [3.05, 3.63) is 83.9 Å². The molecule has 0 spiro atoms. The Balaban J connectivity index is 1.68. The van der Waals surface area contributed by atoms with Crippen LogP contribution in [0.2, 0.25) is 0 Å². The van der Waals surface area contributed by atoms with Crippen LogP contribution >= 0.6 is 0 Å². The van der Waals surface area contributed by atoms with Crippen LogP contribution in [-0.4, -0.2) is 28.9 Å². The number of carboxylic acid groups (broad SMARTS) is 1. The van der Waals surface area contributed by atoms with E-state index in [2.05, 4.69) is 24.4 Å². The van der Waals surface area contributed by atoms with Crippen LogP contribution in [0.5, 0.6) is 0 Å². The zero-order valence-electron chi connectivity index (χ0n) is 18.7. The Hall–Kier alpha value is -3.60. The van der Waals surface area contributed by atoms with Crippen molar-refractivity contribution in [2.45, 2.75) is 39.2 Å². The summed E-state index contributed by atoms with van der Waals surface area (Å²) in [6.45, 7) is 2.72. The lowest BCUT2D eigenvalue weighted by atomic mass is 10.0. The van der Waals surface area contributed by atoms with Crippen molar-refractivity contribution in [1.29, 1.82) is 0 Å². The van der Waals surface area contributed by atoms with Gasteiger partial charge in [-0.15, -0.1) is 0 Å². The molecule has 0 aromatic heterocycles. The molecule has 166 valence electrons. The third-order valence-corrected chi connectivity index (χ3v) is 5.42. The Bertz CT molecular complexity index is 1060. The Morgan fingerprint density at radius 3 is 2.38 bits per heavy atom. The number of hydrogen-bond acceptors (Lipinski definition) is 3. The van der Waals surface area contributed by atoms with Crippen LogP contribution in [0.4, 0.5) is 11.4 Å². The van der Waals surface area contributed by atoms with E-state index in [9.17, 15) is 14.7 Å². The molecule has 0 bridgehead atoms. The van der Waals surface area contributed by atoms with Gasteiger partial charge in [-0.2, -0.15) is 0 Å². The van der Waals surface area contributed by atoms with E-state index in [0.29, 0.717) is 18.7 Å². The summed E-state index contributed by atoms with van der Waals surface area (Å²) in [5.41, 5.74) is 4.83. The van der Waals surface area contributed by atoms with Gasteiger partial charge < -0.3 is 15.3 Å². The quantitative estimate of drug-likeness (QED) is 0.369. The van der Waals surface area contributed by atoms with Crippen molar-refractivity contribution in [2.24, 2.45) is 0 Å². The van der Waals surface area contributed by atoms with E-state index in [1.54, 1.807) is 29.2 Å². The molecule has 3 rings (SSSR count). The first-order valence-corrected chi connectivity index (χ1v) is 11.0. The number of rotatable bonds is 10. The Labute approximate surface area is 189 Å². The lowest BCUT2D eigenvalue weighted by molar-refractivity contribution is -0.130. The highest BCUT2D eigenvalue weighted by Crippen LogP contribution is 2.26. The Morgan fingerprint density at radius 1 is 0.906 bits per heavy atom. The van der Waals surface area contributed by atoms with Crippen molar-refractivity contribution in [3.63, 3.8) is 0 Å². The molecule has 0 unspecified atom stereocenters. The molecule has 32 heavy (non-hydrogen) atoms. The molecule has 0 heterocycles. The fourth-order valence-corrected chi connectivity index (χ4v) is 3.61. The monoisotopic (exact) mass is 430 g/mol. The number of nitrogens with one attached hydrogen (secondary N) is 1. The van der Waals surface area contributed by atoms with E-state index >= 15 is 0 Å². The van der Waals surface area contributed by atoms with E-state index in [0.717, 1.165) is 41.6 Å². The molecule has 2 N–H and O–H groups in total. The third-order valence-electron chi connectivity index (χ3n) is 5.42. The maximum Gasteiger partial charge on any atom is 0.337 e. The first kappa shape index (κ1) is 23.1. The normalized spacial score (nSPS) is 10.6. The number of aromatic carboxylic acids is 1. The standard InChI is InChI=1S/C27H30N2O3/c1-3-4-5-13-26(30)29(2)19-20-9-8-10-22(18-20)21-14-16-23(17-15-21)28-25-12-7-6-11-24(25)27(31)32/h6-12,14-18,28H,3-5,13,19H2,1-2H3,(H,31,32). The Kier molecular flexibility index (Phi) is 8.03. The molecule has 0 saturated heterocycles. The number of amides is 1. The van der Waals surface area contributed by atoms with E-state index < -0.39 is 5.97 Å². The molecule has 3 aromatic carbocycles. The minimum atomic E-state index is -0.963. The number of anilines is 2. The molecule has 0 aliphatic heterocycles. The predicted molar refractivity (Wildman–Crippen MR) is 129 cm³/mol. The van der Waals surface area contributed by atoms with Gasteiger partial charge in [-0.3, -0.25) is 4.79 Å². The van der Waals surface area contributed by atoms with Gasteiger partial charge in [0, 0.05) is 25.7 Å². The SMILES string of the molecule is CCCCCC(=O)N(C)Cc1cccc(-c2ccc(Nc3ccccc3C(=O)O)cc2)c1. The largest absolute Gasteiger partial charge is 0.478 e. The van der Waals surface area contributed by atoms with Crippen LogP contribution in [0, 0.1) is 0 Å². The molecule has 0 fully saturated rings. The fraction of sp³-hybridized carbons (Fsp3) is 0.259. The van der Waals surface area contributed by atoms with Gasteiger partial charge in [-0.05, 0) is 53.4 Å². The summed E-state index contributed by atoms with van der Waals surface area (Å²) in [6.07, 6.45) is 3.74. The molecule has 0 atom stereocenters. The van der Waals surface area contributed by atoms with E-state index in [4.69, 9.17) is 0 Å². The molecule has 5 heteroatoms. The van der Waals surface area contributed by atoms with E-state index in [-0.39, 0.29) is 11.5 Å². The summed E-state index contributed by atoms with van der Waals surface area (Å²) >= 11 is 0. The smallest absolute Gasteiger partial charge is 0.337 e. The molecule has 0 aliphatic rings. The number of carboxylic acids is 1. The molecule has 5 nitrogen and oxygen atoms in total. The lowest BCUT2D eigenvalue weighted by Gasteiger charge is -2.18. The summed E-state index contributed by atoms with van der Waals surface area (Å²) in [4.78, 5) is 25.5. The second-order valence-corrected chi connectivity index (χ2v) is 7.96. The molecule has 0 aliphatic carbocycles. The first-order valence-electron chi connectivity index (χ1n) is 11.0. The van der Waals surface area contributed by atoms with Gasteiger partial charge in [0.05, 0.1) is 11.3 Å². The highest BCUT2D eigenvalue weighted by molar-refractivity contribution is 5.95. The average molecular weight is 431 g/mol. The zero-order valence-corrected chi connectivity index (χ0v) is 18.7. The fourth-order valence-electron chi connectivity index (χ4n) is 3.61. The minimum absolute atomic E-state index is 0.181. The Morgan fingerprint density at radius 2 is 1.66 bits per heavy atom. The van der Waals surface area contributed by atoms with Crippen LogP contribution in [-0.2, 0) is 11.3 Å². The molecule has 0 saturated carbocycles. The van der Waals surface area contributed by atoms with Gasteiger partial charge >= 0.3 is 5.97 Å². The molecule has 1 amide bonds. The van der Waals surface area contributed by atoms with Crippen LogP contribution in [0.3, 0.4) is 0 Å². The molecular formula is C27H30N2O3. The van der Waals surface area contributed by atoms with Crippen molar-refractivity contribution < 1.29 is 14.7 Å². The first-order chi connectivity index (χ1) is 15.5. The number of unbranched alkanes of at least 4 members (excludes halogenated alkanes) is 2. The number of benzene rings is 3. The average Bonchev–Trinajstić information content (AvgIpc) is 2.80. The predicted octanol–water partition coefficient (Wildman–Crippen LogP) is 6.33. The van der Waals surface area contributed by atoms with Crippen LogP contribution in [0.1, 0.15) is 48.5 Å². The van der Waals surface area contributed by atoms with Crippen molar-refractivity contribution in [3.8, 4) is 11.1 Å². The van der Waals surface area contributed by atoms with Gasteiger partial charge in [-0.1, -0.05) is 62.2 Å². The van der Waals surface area contributed by atoms with Crippen molar-refractivity contribution >= 4 is 23.3 Å². The number of hydrogen-bond donors (Lipinski definition) is 2. The van der Waals surface area contributed by atoms with Gasteiger partial charge in [-0.25, -0.2) is 4.79 Å². The van der Waals surface area contributed by atoms with Gasteiger partial charge in [0.15, 0.2) is 0 Å². The summed E-state index contributed by atoms with van der Waals surface area (Å²) in [6, 6.07) is 22.9. The topological polar surface area (TPSA) is 69.6 Å². The highest BCUT2D eigenvalue weighted by Gasteiger charge is 2.11. The number of carbonyl (C=O) groups excluding carboxylic acids is 1. The maximum absolute atomic E-state index is 12.3. The minimum Gasteiger partial charge on any atom is -0.478 e. The zero-order chi connectivity index (χ0) is 22.9. The van der Waals surface area contributed by atoms with Gasteiger partial charge in [0.2, 0.25) is 5.91 Å². The van der Waals surface area contributed by atoms with Crippen LogP contribution < -0.4 is 5.32 Å². The maximum atomic E-state index is 12.3. The van der Waals surface area contributed by atoms with Gasteiger partial charge in [0.1, 0.15) is 0 Å². The van der Waals surface area contributed by atoms with Crippen LogP contribution in [0.15, 0.2) is 72.8 Å². The summed E-state index contributed by atoms with van der Waals surface area (Å²) in [5, 5.41) is 12.5. The summed E-state index contributed by atoms with van der Waals surface area (Å²) in [5.74, 6) is -0.781. The van der Waals surface area contributed by atoms with E-state index in [1.165, 1.54) is 0 Å². The lowest BCUT2D eigenvalue weighted by Crippen LogP contribution is -2.25. The third kappa shape index (κ3) is 6.20. The molecule has 3 aromatic rings. The molecular weight excluding hydrogens is 400 g/mol. The second kappa shape index (κ2) is 11.1. The van der Waals surface area contributed by atoms with E-state index in [1.807, 2.05) is 43.4 Å². The summed E-state index contributed by atoms with van der Waals surface area (Å²) in [7, 11) is 1.86.